The fourth-order valence-corrected chi connectivity index (χ4v) is 1.66. The zero-order chi connectivity index (χ0) is 12.1. The Hall–Kier alpha value is -1.05. The monoisotopic (exact) mass is 282 g/mol. The molecular formula is C12H15BrN2O. The smallest absolute Gasteiger partial charge is 0.101 e. The van der Waals surface area contributed by atoms with Gasteiger partial charge >= 0.3 is 0 Å². The van der Waals surface area contributed by atoms with Gasteiger partial charge in [0.05, 0.1) is 17.4 Å². The number of nitrogens with one attached hydrogen (secondary N) is 1. The lowest BCUT2D eigenvalue weighted by Crippen LogP contribution is -2.29. The third kappa shape index (κ3) is 3.22. The Morgan fingerprint density at radius 2 is 2.12 bits per heavy atom. The quantitative estimate of drug-likeness (QED) is 0.923. The predicted molar refractivity (Wildman–Crippen MR) is 68.4 cm³/mol. The summed E-state index contributed by atoms with van der Waals surface area (Å²) in [5.41, 5.74) is 1.46. The number of methoxy groups -OCH3 is 1. The molecule has 1 N–H and O–H groups in total. The van der Waals surface area contributed by atoms with Gasteiger partial charge in [-0.15, -0.1) is 0 Å². The Labute approximate surface area is 105 Å². The van der Waals surface area contributed by atoms with Gasteiger partial charge in [0, 0.05) is 17.6 Å². The van der Waals surface area contributed by atoms with Crippen molar-refractivity contribution in [2.75, 3.05) is 12.4 Å². The number of nitrogens with zero attached hydrogens (tertiary/aromatic N) is 1. The molecule has 0 aliphatic rings. The van der Waals surface area contributed by atoms with Gasteiger partial charge in [-0.2, -0.15) is 5.26 Å². The van der Waals surface area contributed by atoms with E-state index in [1.54, 1.807) is 13.2 Å². The molecule has 0 aromatic heterocycles. The minimum absolute atomic E-state index is 0.0928. The van der Waals surface area contributed by atoms with Crippen LogP contribution in [-0.2, 0) is 4.74 Å². The van der Waals surface area contributed by atoms with E-state index in [-0.39, 0.29) is 12.1 Å². The van der Waals surface area contributed by atoms with Crippen LogP contribution < -0.4 is 5.32 Å². The van der Waals surface area contributed by atoms with Gasteiger partial charge in [0.25, 0.3) is 0 Å². The van der Waals surface area contributed by atoms with Crippen molar-refractivity contribution in [3.8, 4) is 6.07 Å². The largest absolute Gasteiger partial charge is 0.380 e. The molecule has 86 valence electrons. The van der Waals surface area contributed by atoms with Crippen LogP contribution in [0.1, 0.15) is 19.4 Å². The van der Waals surface area contributed by atoms with E-state index >= 15 is 0 Å². The average Bonchev–Trinajstić information content (AvgIpc) is 2.30. The fraction of sp³-hybridized carbons (Fsp3) is 0.417. The molecule has 0 bridgehead atoms. The summed E-state index contributed by atoms with van der Waals surface area (Å²) < 4.78 is 6.13. The predicted octanol–water partition coefficient (Wildman–Crippen LogP) is 3.16. The normalized spacial score (nSPS) is 13.9. The summed E-state index contributed by atoms with van der Waals surface area (Å²) >= 11 is 3.34. The summed E-state index contributed by atoms with van der Waals surface area (Å²) in [6, 6.07) is 7.92. The second kappa shape index (κ2) is 5.88. The van der Waals surface area contributed by atoms with E-state index in [9.17, 15) is 0 Å². The lowest BCUT2D eigenvalue weighted by molar-refractivity contribution is 0.106. The molecule has 0 amide bonds. The standard InChI is InChI=1S/C12H15BrN2O/c1-8(9(2)16-3)15-12-5-4-11(13)6-10(12)7-14/h4-6,8-9,15H,1-3H3. The molecule has 1 rings (SSSR count). The van der Waals surface area contributed by atoms with E-state index in [4.69, 9.17) is 10.00 Å². The zero-order valence-electron chi connectivity index (χ0n) is 9.62. The number of ether oxygens (including phenoxy) is 1. The van der Waals surface area contributed by atoms with Gasteiger partial charge in [0.1, 0.15) is 6.07 Å². The van der Waals surface area contributed by atoms with Crippen molar-refractivity contribution in [1.29, 1.82) is 5.26 Å². The van der Waals surface area contributed by atoms with Crippen LogP contribution in [0.2, 0.25) is 0 Å². The molecule has 0 saturated carbocycles. The van der Waals surface area contributed by atoms with Gasteiger partial charge in [-0.3, -0.25) is 0 Å². The van der Waals surface area contributed by atoms with Crippen LogP contribution in [0.3, 0.4) is 0 Å². The summed E-state index contributed by atoms with van der Waals surface area (Å²) in [4.78, 5) is 0. The van der Waals surface area contributed by atoms with E-state index in [2.05, 4.69) is 27.3 Å². The lowest BCUT2D eigenvalue weighted by Gasteiger charge is -2.21. The van der Waals surface area contributed by atoms with Crippen LogP contribution in [0, 0.1) is 11.3 Å². The third-order valence-electron chi connectivity index (χ3n) is 2.56. The van der Waals surface area contributed by atoms with Crippen molar-refractivity contribution >= 4 is 21.6 Å². The average molecular weight is 283 g/mol. The first kappa shape index (κ1) is 13.0. The highest BCUT2D eigenvalue weighted by atomic mass is 79.9. The SMILES string of the molecule is COC(C)C(C)Nc1ccc(Br)cc1C#N. The molecule has 0 saturated heterocycles. The summed E-state index contributed by atoms with van der Waals surface area (Å²) in [5.74, 6) is 0. The Bertz CT molecular complexity index is 400. The van der Waals surface area contributed by atoms with Crippen molar-refractivity contribution < 1.29 is 4.74 Å². The molecule has 0 fully saturated rings. The Kier molecular flexibility index (Phi) is 4.78. The second-order valence-electron chi connectivity index (χ2n) is 3.68. The summed E-state index contributed by atoms with van der Waals surface area (Å²) in [5, 5.41) is 12.3. The van der Waals surface area contributed by atoms with Gasteiger partial charge in [0.2, 0.25) is 0 Å². The molecule has 0 radical (unpaired) electrons. The number of nitriles is 1. The van der Waals surface area contributed by atoms with Gasteiger partial charge in [-0.1, -0.05) is 15.9 Å². The number of hydrogen-bond acceptors (Lipinski definition) is 3. The molecule has 2 unspecified atom stereocenters. The second-order valence-corrected chi connectivity index (χ2v) is 4.59. The first-order valence-electron chi connectivity index (χ1n) is 5.07. The van der Waals surface area contributed by atoms with Crippen LogP contribution in [-0.4, -0.2) is 19.3 Å². The van der Waals surface area contributed by atoms with Crippen molar-refractivity contribution in [3.05, 3.63) is 28.2 Å². The zero-order valence-corrected chi connectivity index (χ0v) is 11.2. The molecular weight excluding hydrogens is 268 g/mol. The molecule has 1 aromatic rings. The molecule has 1 aromatic carbocycles. The highest BCUT2D eigenvalue weighted by Gasteiger charge is 2.12. The molecule has 0 heterocycles. The van der Waals surface area contributed by atoms with E-state index in [0.29, 0.717) is 5.56 Å². The summed E-state index contributed by atoms with van der Waals surface area (Å²) in [7, 11) is 1.68. The minimum atomic E-state index is 0.0928. The lowest BCUT2D eigenvalue weighted by atomic mass is 10.1. The molecule has 2 atom stereocenters. The fourth-order valence-electron chi connectivity index (χ4n) is 1.30. The van der Waals surface area contributed by atoms with E-state index in [1.807, 2.05) is 26.0 Å². The van der Waals surface area contributed by atoms with Gasteiger partial charge in [-0.05, 0) is 32.0 Å². The first-order valence-corrected chi connectivity index (χ1v) is 5.86. The van der Waals surface area contributed by atoms with Crippen molar-refractivity contribution in [2.24, 2.45) is 0 Å². The Morgan fingerprint density at radius 3 is 2.69 bits per heavy atom. The van der Waals surface area contributed by atoms with Crippen molar-refractivity contribution in [1.82, 2.24) is 0 Å². The van der Waals surface area contributed by atoms with Gasteiger partial charge in [0.15, 0.2) is 0 Å². The Balaban J connectivity index is 2.85. The number of benzene rings is 1. The maximum Gasteiger partial charge on any atom is 0.101 e. The number of rotatable bonds is 4. The number of halogens is 1. The first-order chi connectivity index (χ1) is 7.58. The molecule has 0 aliphatic carbocycles. The molecule has 0 spiro atoms. The van der Waals surface area contributed by atoms with Crippen LogP contribution in [0.5, 0.6) is 0 Å². The van der Waals surface area contributed by atoms with Crippen molar-refractivity contribution in [3.63, 3.8) is 0 Å². The topological polar surface area (TPSA) is 45.0 Å². The van der Waals surface area contributed by atoms with Gasteiger partial charge < -0.3 is 10.1 Å². The minimum Gasteiger partial charge on any atom is -0.380 e. The summed E-state index contributed by atoms with van der Waals surface area (Å²) in [6.07, 6.45) is 0.0928. The van der Waals surface area contributed by atoms with Crippen LogP contribution >= 0.6 is 15.9 Å². The van der Waals surface area contributed by atoms with Gasteiger partial charge in [-0.25, -0.2) is 0 Å². The van der Waals surface area contributed by atoms with E-state index in [0.717, 1.165) is 10.2 Å². The summed E-state index contributed by atoms with van der Waals surface area (Å²) in [6.45, 7) is 4.01. The maximum atomic E-state index is 9.01. The van der Waals surface area contributed by atoms with Crippen LogP contribution in [0.4, 0.5) is 5.69 Å². The Morgan fingerprint density at radius 1 is 1.44 bits per heavy atom. The molecule has 3 nitrogen and oxygen atoms in total. The van der Waals surface area contributed by atoms with Crippen LogP contribution in [0.25, 0.3) is 0 Å². The van der Waals surface area contributed by atoms with E-state index < -0.39 is 0 Å². The third-order valence-corrected chi connectivity index (χ3v) is 3.05. The molecule has 16 heavy (non-hydrogen) atoms. The highest BCUT2D eigenvalue weighted by Crippen LogP contribution is 2.21. The molecule has 4 heteroatoms. The maximum absolute atomic E-state index is 9.01. The van der Waals surface area contributed by atoms with Crippen LogP contribution in [0.15, 0.2) is 22.7 Å². The van der Waals surface area contributed by atoms with Crippen molar-refractivity contribution in [2.45, 2.75) is 26.0 Å². The number of anilines is 1. The highest BCUT2D eigenvalue weighted by molar-refractivity contribution is 9.10. The number of hydrogen-bond donors (Lipinski definition) is 1. The van der Waals surface area contributed by atoms with E-state index in [1.165, 1.54) is 0 Å². The molecule has 0 aliphatic heterocycles.